The third-order valence-corrected chi connectivity index (χ3v) is 3.81. The molecule has 4 heteroatoms. The fourth-order valence-corrected chi connectivity index (χ4v) is 2.60. The molecule has 4 nitrogen and oxygen atoms in total. The van der Waals surface area contributed by atoms with Crippen LogP contribution in [-0.2, 0) is 6.42 Å². The standard InChI is InChI=1S/C14H22N2O2/c1-2-11-6-7-12(18-11)13(17)16-14(10-15)8-4-3-5-9-14/h6-7H,2-5,8-10,15H2,1H3,(H,16,17). The van der Waals surface area contributed by atoms with Crippen molar-refractivity contribution in [3.8, 4) is 0 Å². The minimum atomic E-state index is -0.228. The van der Waals surface area contributed by atoms with Gasteiger partial charge in [0, 0.05) is 13.0 Å². The van der Waals surface area contributed by atoms with Crippen LogP contribution in [0.3, 0.4) is 0 Å². The van der Waals surface area contributed by atoms with Gasteiger partial charge in [0.1, 0.15) is 5.76 Å². The van der Waals surface area contributed by atoms with Gasteiger partial charge in [0.25, 0.3) is 5.91 Å². The zero-order valence-corrected chi connectivity index (χ0v) is 11.0. The first-order valence-electron chi connectivity index (χ1n) is 6.80. The van der Waals surface area contributed by atoms with Crippen LogP contribution < -0.4 is 11.1 Å². The van der Waals surface area contributed by atoms with Gasteiger partial charge in [0.15, 0.2) is 5.76 Å². The highest BCUT2D eigenvalue weighted by molar-refractivity contribution is 5.92. The fourth-order valence-electron chi connectivity index (χ4n) is 2.60. The van der Waals surface area contributed by atoms with Crippen molar-refractivity contribution < 1.29 is 9.21 Å². The third-order valence-electron chi connectivity index (χ3n) is 3.81. The van der Waals surface area contributed by atoms with Gasteiger partial charge in [0.05, 0.1) is 5.54 Å². The van der Waals surface area contributed by atoms with Gasteiger partial charge in [-0.15, -0.1) is 0 Å². The Bertz CT molecular complexity index is 406. The predicted octanol–water partition coefficient (Wildman–Crippen LogP) is 2.23. The topological polar surface area (TPSA) is 68.3 Å². The minimum absolute atomic E-state index is 0.137. The number of hydrogen-bond acceptors (Lipinski definition) is 3. The van der Waals surface area contributed by atoms with E-state index in [2.05, 4.69) is 5.32 Å². The number of aryl methyl sites for hydroxylation is 1. The largest absolute Gasteiger partial charge is 0.456 e. The van der Waals surface area contributed by atoms with Crippen molar-refractivity contribution in [3.05, 3.63) is 23.7 Å². The smallest absolute Gasteiger partial charge is 0.287 e. The van der Waals surface area contributed by atoms with E-state index in [1.54, 1.807) is 6.07 Å². The van der Waals surface area contributed by atoms with Crippen molar-refractivity contribution in [3.63, 3.8) is 0 Å². The molecule has 1 aromatic heterocycles. The van der Waals surface area contributed by atoms with Crippen molar-refractivity contribution in [2.24, 2.45) is 5.73 Å². The number of furan rings is 1. The van der Waals surface area contributed by atoms with E-state index in [4.69, 9.17) is 10.2 Å². The molecule has 3 N–H and O–H groups in total. The van der Waals surface area contributed by atoms with Gasteiger partial charge in [-0.2, -0.15) is 0 Å². The average Bonchev–Trinajstić information content (AvgIpc) is 2.88. The second-order valence-corrected chi connectivity index (χ2v) is 5.12. The van der Waals surface area contributed by atoms with E-state index in [9.17, 15) is 4.79 Å². The third kappa shape index (κ3) is 2.75. The van der Waals surface area contributed by atoms with E-state index < -0.39 is 0 Å². The minimum Gasteiger partial charge on any atom is -0.456 e. The van der Waals surface area contributed by atoms with E-state index in [-0.39, 0.29) is 11.4 Å². The molecule has 2 rings (SSSR count). The Balaban J connectivity index is 2.04. The molecule has 1 saturated carbocycles. The number of carbonyl (C=O) groups is 1. The second kappa shape index (κ2) is 5.57. The molecule has 0 spiro atoms. The second-order valence-electron chi connectivity index (χ2n) is 5.12. The zero-order chi connectivity index (χ0) is 13.0. The molecular formula is C14H22N2O2. The van der Waals surface area contributed by atoms with Crippen molar-refractivity contribution in [2.75, 3.05) is 6.54 Å². The van der Waals surface area contributed by atoms with E-state index in [1.165, 1.54) is 6.42 Å². The summed E-state index contributed by atoms with van der Waals surface area (Å²) in [4.78, 5) is 12.1. The molecule has 1 aliphatic rings. The Hall–Kier alpha value is -1.29. The van der Waals surface area contributed by atoms with Crippen LogP contribution in [0.1, 0.15) is 55.3 Å². The molecule has 1 aliphatic carbocycles. The van der Waals surface area contributed by atoms with E-state index >= 15 is 0 Å². The van der Waals surface area contributed by atoms with Crippen molar-refractivity contribution in [2.45, 2.75) is 51.0 Å². The summed E-state index contributed by atoms with van der Waals surface area (Å²) in [6.07, 6.45) is 6.24. The van der Waals surface area contributed by atoms with Crippen LogP contribution in [0.25, 0.3) is 0 Å². The lowest BCUT2D eigenvalue weighted by Crippen LogP contribution is -2.54. The Kier molecular flexibility index (Phi) is 4.07. The first-order chi connectivity index (χ1) is 8.69. The Labute approximate surface area is 108 Å². The van der Waals surface area contributed by atoms with Crippen LogP contribution >= 0.6 is 0 Å². The molecule has 0 radical (unpaired) electrons. The molecule has 0 atom stereocenters. The monoisotopic (exact) mass is 250 g/mol. The van der Waals surface area contributed by atoms with E-state index in [1.807, 2.05) is 13.0 Å². The van der Waals surface area contributed by atoms with E-state index in [0.29, 0.717) is 12.3 Å². The lowest BCUT2D eigenvalue weighted by atomic mass is 9.81. The normalized spacial score (nSPS) is 18.6. The zero-order valence-electron chi connectivity index (χ0n) is 11.0. The van der Waals surface area contributed by atoms with Crippen LogP contribution in [0, 0.1) is 0 Å². The van der Waals surface area contributed by atoms with Crippen molar-refractivity contribution in [1.82, 2.24) is 5.32 Å². The summed E-state index contributed by atoms with van der Waals surface area (Å²) in [5, 5.41) is 3.08. The fraction of sp³-hybridized carbons (Fsp3) is 0.643. The van der Waals surface area contributed by atoms with Gasteiger partial charge in [-0.25, -0.2) is 0 Å². The SMILES string of the molecule is CCc1ccc(C(=O)NC2(CN)CCCCC2)o1. The number of hydrogen-bond donors (Lipinski definition) is 2. The summed E-state index contributed by atoms with van der Waals surface area (Å²) in [5.74, 6) is 1.10. The van der Waals surface area contributed by atoms with Gasteiger partial charge < -0.3 is 15.5 Å². The highest BCUT2D eigenvalue weighted by Gasteiger charge is 2.33. The van der Waals surface area contributed by atoms with Crippen LogP contribution in [-0.4, -0.2) is 18.0 Å². The lowest BCUT2D eigenvalue weighted by molar-refractivity contribution is 0.0844. The van der Waals surface area contributed by atoms with Gasteiger partial charge >= 0.3 is 0 Å². The lowest BCUT2D eigenvalue weighted by Gasteiger charge is -2.36. The molecule has 0 bridgehead atoms. The predicted molar refractivity (Wildman–Crippen MR) is 70.4 cm³/mol. The molecule has 0 unspecified atom stereocenters. The Morgan fingerprint density at radius 2 is 2.11 bits per heavy atom. The van der Waals surface area contributed by atoms with E-state index in [0.717, 1.165) is 37.9 Å². The van der Waals surface area contributed by atoms with Crippen LogP contribution in [0.2, 0.25) is 0 Å². The van der Waals surface area contributed by atoms with Gasteiger partial charge in [-0.3, -0.25) is 4.79 Å². The molecule has 100 valence electrons. The highest BCUT2D eigenvalue weighted by Crippen LogP contribution is 2.27. The first-order valence-corrected chi connectivity index (χ1v) is 6.80. The first kappa shape index (κ1) is 13.1. The Morgan fingerprint density at radius 3 is 2.67 bits per heavy atom. The summed E-state index contributed by atoms with van der Waals surface area (Å²) >= 11 is 0. The molecule has 1 amide bonds. The van der Waals surface area contributed by atoms with Crippen LogP contribution in [0.15, 0.2) is 16.5 Å². The maximum Gasteiger partial charge on any atom is 0.287 e. The number of nitrogens with two attached hydrogens (primary N) is 1. The van der Waals surface area contributed by atoms with Gasteiger partial charge in [0.2, 0.25) is 0 Å². The van der Waals surface area contributed by atoms with Gasteiger partial charge in [-0.05, 0) is 25.0 Å². The van der Waals surface area contributed by atoms with Crippen LogP contribution in [0.4, 0.5) is 0 Å². The van der Waals surface area contributed by atoms with Gasteiger partial charge in [-0.1, -0.05) is 26.2 Å². The average molecular weight is 250 g/mol. The summed E-state index contributed by atoms with van der Waals surface area (Å²) in [7, 11) is 0. The molecule has 1 fully saturated rings. The number of nitrogens with one attached hydrogen (secondary N) is 1. The quantitative estimate of drug-likeness (QED) is 0.861. The van der Waals surface area contributed by atoms with Crippen LogP contribution in [0.5, 0.6) is 0 Å². The molecule has 1 aromatic rings. The highest BCUT2D eigenvalue weighted by atomic mass is 16.3. The number of carbonyl (C=O) groups excluding carboxylic acids is 1. The maximum absolute atomic E-state index is 12.1. The molecule has 18 heavy (non-hydrogen) atoms. The number of rotatable bonds is 4. The molecule has 0 aliphatic heterocycles. The summed E-state index contributed by atoms with van der Waals surface area (Å²) < 4.78 is 5.47. The molecular weight excluding hydrogens is 228 g/mol. The van der Waals surface area contributed by atoms with Crippen molar-refractivity contribution in [1.29, 1.82) is 0 Å². The summed E-state index contributed by atoms with van der Waals surface area (Å²) in [5.41, 5.74) is 5.62. The number of amides is 1. The summed E-state index contributed by atoms with van der Waals surface area (Å²) in [6, 6.07) is 3.59. The molecule has 0 saturated heterocycles. The summed E-state index contributed by atoms with van der Waals surface area (Å²) in [6.45, 7) is 2.50. The van der Waals surface area contributed by atoms with Crippen molar-refractivity contribution >= 4 is 5.91 Å². The molecule has 1 heterocycles. The maximum atomic E-state index is 12.1. The Morgan fingerprint density at radius 1 is 1.39 bits per heavy atom. The molecule has 0 aromatic carbocycles.